The molecule has 4 nitrogen and oxygen atoms in total. The van der Waals surface area contributed by atoms with Gasteiger partial charge in [0.15, 0.2) is 0 Å². The number of rotatable bonds is 1. The first kappa shape index (κ1) is 12.7. The Morgan fingerprint density at radius 1 is 1.16 bits per heavy atom. The van der Waals surface area contributed by atoms with Crippen LogP contribution in [0.3, 0.4) is 0 Å². The van der Waals surface area contributed by atoms with Crippen molar-refractivity contribution in [3.63, 3.8) is 0 Å². The zero-order valence-corrected chi connectivity index (χ0v) is 10.6. The fourth-order valence-electron chi connectivity index (χ4n) is 3.05. The summed E-state index contributed by atoms with van der Waals surface area (Å²) in [7, 11) is 2.07. The third kappa shape index (κ3) is 2.39. The van der Waals surface area contributed by atoms with E-state index in [4.69, 9.17) is 0 Å². The summed E-state index contributed by atoms with van der Waals surface area (Å²) < 4.78 is 37.9. The summed E-state index contributed by atoms with van der Waals surface area (Å²) >= 11 is 0. The fraction of sp³-hybridized carbons (Fsp3) is 0.667. The van der Waals surface area contributed by atoms with Crippen molar-refractivity contribution in [1.82, 2.24) is 14.9 Å². The monoisotopic (exact) mass is 272 g/mol. The van der Waals surface area contributed by atoms with Gasteiger partial charge in [0.2, 0.25) is 5.95 Å². The maximum atomic E-state index is 12.6. The van der Waals surface area contributed by atoms with Gasteiger partial charge in [-0.1, -0.05) is 0 Å². The van der Waals surface area contributed by atoms with Gasteiger partial charge >= 0.3 is 6.18 Å². The molecule has 0 aliphatic carbocycles. The minimum Gasteiger partial charge on any atom is -0.340 e. The molecule has 2 aliphatic rings. The van der Waals surface area contributed by atoms with Crippen LogP contribution in [-0.4, -0.2) is 48.1 Å². The van der Waals surface area contributed by atoms with E-state index >= 15 is 0 Å². The largest absolute Gasteiger partial charge is 0.433 e. The average Bonchev–Trinajstić information content (AvgIpc) is 2.85. The Hall–Kier alpha value is -1.37. The lowest BCUT2D eigenvalue weighted by molar-refractivity contribution is -0.141. The Morgan fingerprint density at radius 2 is 1.79 bits per heavy atom. The quantitative estimate of drug-likeness (QED) is 0.775. The zero-order chi connectivity index (χ0) is 13.6. The summed E-state index contributed by atoms with van der Waals surface area (Å²) in [6.45, 7) is 3.49. The summed E-state index contributed by atoms with van der Waals surface area (Å²) in [6.07, 6.45) is -3.22. The molecule has 0 aromatic carbocycles. The molecule has 7 heteroatoms. The number of anilines is 1. The van der Waals surface area contributed by atoms with Crippen LogP contribution in [0.5, 0.6) is 0 Å². The Bertz CT molecular complexity index is 462. The van der Waals surface area contributed by atoms with Crippen molar-refractivity contribution in [3.8, 4) is 0 Å². The highest BCUT2D eigenvalue weighted by Crippen LogP contribution is 2.33. The van der Waals surface area contributed by atoms with Gasteiger partial charge in [-0.15, -0.1) is 0 Å². The molecule has 3 heterocycles. The summed E-state index contributed by atoms with van der Waals surface area (Å²) in [4.78, 5) is 11.8. The molecule has 1 aromatic rings. The summed E-state index contributed by atoms with van der Waals surface area (Å²) in [5, 5.41) is 0. The number of aromatic nitrogens is 2. The Balaban J connectivity index is 1.78. The van der Waals surface area contributed by atoms with Gasteiger partial charge in [0.25, 0.3) is 0 Å². The molecule has 0 saturated carbocycles. The van der Waals surface area contributed by atoms with Crippen LogP contribution in [0, 0.1) is 11.8 Å². The van der Waals surface area contributed by atoms with E-state index in [9.17, 15) is 13.2 Å². The number of hydrogen-bond acceptors (Lipinski definition) is 4. The standard InChI is InChI=1S/C12H15F3N4/c1-18-4-8-6-19(7-9(8)5-18)11-16-3-2-10(17-11)12(13,14)15/h2-3,8-9H,4-7H2,1H3. The summed E-state index contributed by atoms with van der Waals surface area (Å²) in [5.41, 5.74) is -0.869. The second-order valence-electron chi connectivity index (χ2n) is 5.39. The van der Waals surface area contributed by atoms with Crippen molar-refractivity contribution in [2.75, 3.05) is 38.1 Å². The first-order valence-electron chi connectivity index (χ1n) is 6.27. The third-order valence-electron chi connectivity index (χ3n) is 3.88. The number of alkyl halides is 3. The number of nitrogens with zero attached hydrogens (tertiary/aromatic N) is 4. The van der Waals surface area contributed by atoms with Crippen molar-refractivity contribution in [1.29, 1.82) is 0 Å². The minimum atomic E-state index is -4.41. The van der Waals surface area contributed by atoms with E-state index in [-0.39, 0.29) is 5.95 Å². The van der Waals surface area contributed by atoms with Crippen molar-refractivity contribution in [2.45, 2.75) is 6.18 Å². The van der Waals surface area contributed by atoms with E-state index in [1.807, 2.05) is 4.90 Å². The molecule has 0 spiro atoms. The fourth-order valence-corrected chi connectivity index (χ4v) is 3.05. The number of fused-ring (bicyclic) bond motifs is 1. The Morgan fingerprint density at radius 3 is 2.37 bits per heavy atom. The van der Waals surface area contributed by atoms with Crippen LogP contribution in [0.2, 0.25) is 0 Å². The van der Waals surface area contributed by atoms with Crippen molar-refractivity contribution in [3.05, 3.63) is 18.0 Å². The van der Waals surface area contributed by atoms with Gasteiger partial charge in [0, 0.05) is 32.4 Å². The SMILES string of the molecule is CN1CC2CN(c3nccc(C(F)(F)F)n3)CC2C1. The van der Waals surface area contributed by atoms with Crippen LogP contribution >= 0.6 is 0 Å². The molecule has 0 bridgehead atoms. The molecular weight excluding hydrogens is 257 g/mol. The lowest BCUT2D eigenvalue weighted by Gasteiger charge is -2.19. The van der Waals surface area contributed by atoms with E-state index in [2.05, 4.69) is 21.9 Å². The predicted octanol–water partition coefficient (Wildman–Crippen LogP) is 1.49. The van der Waals surface area contributed by atoms with Gasteiger partial charge in [-0.3, -0.25) is 0 Å². The molecule has 0 radical (unpaired) electrons. The highest BCUT2D eigenvalue weighted by molar-refractivity contribution is 5.34. The first-order chi connectivity index (χ1) is 8.93. The zero-order valence-electron chi connectivity index (χ0n) is 10.6. The average molecular weight is 272 g/mol. The molecule has 1 aromatic heterocycles. The van der Waals surface area contributed by atoms with Gasteiger partial charge in [-0.25, -0.2) is 9.97 Å². The molecule has 2 fully saturated rings. The van der Waals surface area contributed by atoms with Crippen LogP contribution in [-0.2, 0) is 6.18 Å². The first-order valence-corrected chi connectivity index (χ1v) is 6.27. The van der Waals surface area contributed by atoms with Gasteiger partial charge < -0.3 is 9.80 Å². The van der Waals surface area contributed by atoms with Gasteiger partial charge in [-0.2, -0.15) is 13.2 Å². The van der Waals surface area contributed by atoms with E-state index in [0.29, 0.717) is 11.8 Å². The highest BCUT2D eigenvalue weighted by atomic mass is 19.4. The smallest absolute Gasteiger partial charge is 0.340 e. The number of hydrogen-bond donors (Lipinski definition) is 0. The lowest BCUT2D eigenvalue weighted by atomic mass is 10.0. The van der Waals surface area contributed by atoms with E-state index in [1.54, 1.807) is 0 Å². The molecule has 2 saturated heterocycles. The van der Waals surface area contributed by atoms with Crippen LogP contribution in [0.15, 0.2) is 12.3 Å². The van der Waals surface area contributed by atoms with Crippen molar-refractivity contribution >= 4 is 5.95 Å². The summed E-state index contributed by atoms with van der Waals surface area (Å²) in [6, 6.07) is 0.911. The minimum absolute atomic E-state index is 0.201. The van der Waals surface area contributed by atoms with E-state index in [0.717, 1.165) is 32.2 Å². The van der Waals surface area contributed by atoms with Crippen LogP contribution in [0.1, 0.15) is 5.69 Å². The molecule has 2 unspecified atom stereocenters. The number of likely N-dealkylation sites (tertiary alicyclic amines) is 1. The molecule has 0 N–H and O–H groups in total. The Labute approximate surface area is 109 Å². The topological polar surface area (TPSA) is 32.3 Å². The third-order valence-corrected chi connectivity index (χ3v) is 3.88. The Kier molecular flexibility index (Phi) is 2.88. The van der Waals surface area contributed by atoms with Gasteiger partial charge in [-0.05, 0) is 24.9 Å². The highest BCUT2D eigenvalue weighted by Gasteiger charge is 2.40. The number of halogens is 3. The van der Waals surface area contributed by atoms with Gasteiger partial charge in [0.05, 0.1) is 0 Å². The maximum Gasteiger partial charge on any atom is 0.433 e. The van der Waals surface area contributed by atoms with E-state index < -0.39 is 11.9 Å². The van der Waals surface area contributed by atoms with E-state index in [1.165, 1.54) is 6.20 Å². The lowest BCUT2D eigenvalue weighted by Crippen LogP contribution is -2.28. The second kappa shape index (κ2) is 4.33. The molecule has 104 valence electrons. The predicted molar refractivity (Wildman–Crippen MR) is 63.7 cm³/mol. The van der Waals surface area contributed by atoms with Crippen molar-refractivity contribution < 1.29 is 13.2 Å². The normalized spacial score (nSPS) is 27.9. The molecule has 2 atom stereocenters. The van der Waals surface area contributed by atoms with Crippen molar-refractivity contribution in [2.24, 2.45) is 11.8 Å². The molecule has 3 rings (SSSR count). The van der Waals surface area contributed by atoms with Crippen LogP contribution < -0.4 is 4.90 Å². The molecular formula is C12H15F3N4. The second-order valence-corrected chi connectivity index (χ2v) is 5.39. The molecule has 0 amide bonds. The molecule has 19 heavy (non-hydrogen) atoms. The molecule has 2 aliphatic heterocycles. The summed E-state index contributed by atoms with van der Waals surface area (Å²) in [5.74, 6) is 1.23. The van der Waals surface area contributed by atoms with Crippen LogP contribution in [0.25, 0.3) is 0 Å². The maximum absolute atomic E-state index is 12.6. The van der Waals surface area contributed by atoms with Gasteiger partial charge in [0.1, 0.15) is 5.69 Å². The van der Waals surface area contributed by atoms with Crippen LogP contribution in [0.4, 0.5) is 19.1 Å².